The molecule has 3 rings (SSSR count). The highest BCUT2D eigenvalue weighted by molar-refractivity contribution is 5.78. The van der Waals surface area contributed by atoms with Gasteiger partial charge in [-0.3, -0.25) is 4.79 Å². The number of para-hydroxylation sites is 2. The van der Waals surface area contributed by atoms with Crippen LogP contribution in [0.3, 0.4) is 0 Å². The third-order valence-electron chi connectivity index (χ3n) is 5.54. The Morgan fingerprint density at radius 1 is 1.13 bits per heavy atom. The number of nitrogens with zero attached hydrogens (tertiary/aromatic N) is 2. The molecule has 0 saturated carbocycles. The van der Waals surface area contributed by atoms with Crippen LogP contribution < -0.4 is 10.1 Å². The molecule has 0 saturated heterocycles. The topological polar surface area (TPSA) is 56.2 Å². The summed E-state index contributed by atoms with van der Waals surface area (Å²) in [4.78, 5) is 17.0. The van der Waals surface area contributed by atoms with Crippen molar-refractivity contribution < 1.29 is 9.53 Å². The molecule has 30 heavy (non-hydrogen) atoms. The Kier molecular flexibility index (Phi) is 7.89. The minimum absolute atomic E-state index is 0.119. The van der Waals surface area contributed by atoms with Crippen LogP contribution in [0.15, 0.2) is 48.5 Å². The standard InChI is InChI=1S/C25H33N3O2/c1-4-20(5-2)25(29)26-15-9-14-24-27-22-12-6-7-13-23(22)28(24)16-17-30-21-11-8-10-19(3)18-21/h6-8,10-13,18,20H,4-5,9,14-17H2,1-3H3,(H,26,29). The van der Waals surface area contributed by atoms with Gasteiger partial charge in [-0.2, -0.15) is 0 Å². The maximum atomic E-state index is 12.2. The quantitative estimate of drug-likeness (QED) is 0.460. The summed E-state index contributed by atoms with van der Waals surface area (Å²) in [6, 6.07) is 16.3. The van der Waals surface area contributed by atoms with Gasteiger partial charge < -0.3 is 14.6 Å². The molecule has 0 fully saturated rings. The van der Waals surface area contributed by atoms with E-state index in [-0.39, 0.29) is 11.8 Å². The SMILES string of the molecule is CCC(CC)C(=O)NCCCc1nc2ccccc2n1CCOc1cccc(C)c1. The molecule has 3 aromatic rings. The van der Waals surface area contributed by atoms with E-state index in [1.54, 1.807) is 0 Å². The molecule has 0 aliphatic heterocycles. The van der Waals surface area contributed by atoms with E-state index in [4.69, 9.17) is 9.72 Å². The monoisotopic (exact) mass is 407 g/mol. The lowest BCUT2D eigenvalue weighted by atomic mass is 10.0. The number of hydrogen-bond donors (Lipinski definition) is 1. The van der Waals surface area contributed by atoms with Crippen molar-refractivity contribution >= 4 is 16.9 Å². The third-order valence-corrected chi connectivity index (χ3v) is 5.54. The molecule has 1 aromatic heterocycles. The van der Waals surface area contributed by atoms with E-state index in [0.717, 1.165) is 54.8 Å². The lowest BCUT2D eigenvalue weighted by Gasteiger charge is -2.13. The molecule has 5 nitrogen and oxygen atoms in total. The number of benzene rings is 2. The van der Waals surface area contributed by atoms with Gasteiger partial charge in [-0.25, -0.2) is 4.98 Å². The normalized spacial score (nSPS) is 11.2. The minimum atomic E-state index is 0.119. The van der Waals surface area contributed by atoms with Gasteiger partial charge in [-0.1, -0.05) is 38.1 Å². The number of hydrogen-bond acceptors (Lipinski definition) is 3. The molecule has 0 aliphatic carbocycles. The van der Waals surface area contributed by atoms with Gasteiger partial charge in [-0.15, -0.1) is 0 Å². The van der Waals surface area contributed by atoms with Crippen molar-refractivity contribution in [1.82, 2.24) is 14.9 Å². The fourth-order valence-corrected chi connectivity index (χ4v) is 3.79. The summed E-state index contributed by atoms with van der Waals surface area (Å²) >= 11 is 0. The molecule has 0 aliphatic rings. The fourth-order valence-electron chi connectivity index (χ4n) is 3.79. The second-order valence-electron chi connectivity index (χ2n) is 7.74. The van der Waals surface area contributed by atoms with Crippen molar-refractivity contribution in [2.75, 3.05) is 13.2 Å². The van der Waals surface area contributed by atoms with Crippen LogP contribution in [0.25, 0.3) is 11.0 Å². The molecule has 0 spiro atoms. The van der Waals surface area contributed by atoms with Gasteiger partial charge in [0.05, 0.1) is 17.6 Å². The Labute approximate surface area is 179 Å². The maximum absolute atomic E-state index is 12.2. The predicted molar refractivity (Wildman–Crippen MR) is 122 cm³/mol. The smallest absolute Gasteiger partial charge is 0.223 e. The number of aromatic nitrogens is 2. The Balaban J connectivity index is 1.61. The third kappa shape index (κ3) is 5.62. The number of imidazole rings is 1. The highest BCUT2D eigenvalue weighted by Gasteiger charge is 2.14. The van der Waals surface area contributed by atoms with Crippen LogP contribution >= 0.6 is 0 Å². The first-order valence-corrected chi connectivity index (χ1v) is 11.0. The number of rotatable bonds is 11. The van der Waals surface area contributed by atoms with Gasteiger partial charge in [0, 0.05) is 18.9 Å². The van der Waals surface area contributed by atoms with Gasteiger partial charge in [-0.05, 0) is 56.0 Å². The number of nitrogens with one attached hydrogen (secondary N) is 1. The average molecular weight is 408 g/mol. The Morgan fingerprint density at radius 3 is 2.70 bits per heavy atom. The lowest BCUT2D eigenvalue weighted by molar-refractivity contribution is -0.125. The Hall–Kier alpha value is -2.82. The zero-order chi connectivity index (χ0) is 21.3. The zero-order valence-corrected chi connectivity index (χ0v) is 18.4. The summed E-state index contributed by atoms with van der Waals surface area (Å²) in [5, 5.41) is 3.08. The molecule has 0 atom stereocenters. The van der Waals surface area contributed by atoms with E-state index in [1.165, 1.54) is 5.56 Å². The van der Waals surface area contributed by atoms with Crippen LogP contribution in [0, 0.1) is 12.8 Å². The van der Waals surface area contributed by atoms with Crippen molar-refractivity contribution in [3.05, 3.63) is 59.9 Å². The fraction of sp³-hybridized carbons (Fsp3) is 0.440. The first kappa shape index (κ1) is 21.9. The Morgan fingerprint density at radius 2 is 1.93 bits per heavy atom. The van der Waals surface area contributed by atoms with Gasteiger partial charge in [0.2, 0.25) is 5.91 Å². The van der Waals surface area contributed by atoms with Crippen LogP contribution in [0.1, 0.15) is 44.5 Å². The highest BCUT2D eigenvalue weighted by atomic mass is 16.5. The van der Waals surface area contributed by atoms with Crippen molar-refractivity contribution in [3.8, 4) is 5.75 Å². The molecule has 1 amide bonds. The molecule has 0 unspecified atom stereocenters. The lowest BCUT2D eigenvalue weighted by Crippen LogP contribution is -2.31. The average Bonchev–Trinajstić information content (AvgIpc) is 3.10. The van der Waals surface area contributed by atoms with Crippen LogP contribution in [0.5, 0.6) is 5.75 Å². The summed E-state index contributed by atoms with van der Waals surface area (Å²) in [6.45, 7) is 8.20. The number of aryl methyl sites for hydroxylation is 2. The highest BCUT2D eigenvalue weighted by Crippen LogP contribution is 2.18. The van der Waals surface area contributed by atoms with Crippen molar-refractivity contribution in [2.24, 2.45) is 5.92 Å². The molecule has 0 radical (unpaired) electrons. The number of fused-ring (bicyclic) bond motifs is 1. The first-order chi connectivity index (χ1) is 14.6. The first-order valence-electron chi connectivity index (χ1n) is 11.0. The van der Waals surface area contributed by atoms with E-state index in [2.05, 4.69) is 48.9 Å². The van der Waals surface area contributed by atoms with Gasteiger partial charge in [0.25, 0.3) is 0 Å². The van der Waals surface area contributed by atoms with E-state index in [1.807, 2.05) is 30.3 Å². The van der Waals surface area contributed by atoms with Crippen molar-refractivity contribution in [1.29, 1.82) is 0 Å². The van der Waals surface area contributed by atoms with Crippen LogP contribution in [0.2, 0.25) is 0 Å². The van der Waals surface area contributed by atoms with Gasteiger partial charge >= 0.3 is 0 Å². The molecule has 5 heteroatoms. The van der Waals surface area contributed by atoms with E-state index in [0.29, 0.717) is 13.2 Å². The van der Waals surface area contributed by atoms with Crippen LogP contribution in [0.4, 0.5) is 0 Å². The number of carbonyl (C=O) groups is 1. The largest absolute Gasteiger partial charge is 0.492 e. The van der Waals surface area contributed by atoms with Crippen LogP contribution in [-0.2, 0) is 17.8 Å². The second-order valence-corrected chi connectivity index (χ2v) is 7.74. The molecular weight excluding hydrogens is 374 g/mol. The number of ether oxygens (including phenoxy) is 1. The molecule has 2 aromatic carbocycles. The van der Waals surface area contributed by atoms with Gasteiger partial charge in [0.1, 0.15) is 18.2 Å². The summed E-state index contributed by atoms with van der Waals surface area (Å²) in [6.07, 6.45) is 3.47. The van der Waals surface area contributed by atoms with Crippen molar-refractivity contribution in [3.63, 3.8) is 0 Å². The van der Waals surface area contributed by atoms with Gasteiger partial charge in [0.15, 0.2) is 0 Å². The molecular formula is C25H33N3O2. The van der Waals surface area contributed by atoms with E-state index < -0.39 is 0 Å². The number of amides is 1. The van der Waals surface area contributed by atoms with E-state index >= 15 is 0 Å². The van der Waals surface area contributed by atoms with E-state index in [9.17, 15) is 4.79 Å². The maximum Gasteiger partial charge on any atom is 0.223 e. The van der Waals surface area contributed by atoms with Crippen molar-refractivity contribution in [2.45, 2.75) is 53.0 Å². The summed E-state index contributed by atoms with van der Waals surface area (Å²) in [5.74, 6) is 2.22. The Bertz CT molecular complexity index is 960. The zero-order valence-electron chi connectivity index (χ0n) is 18.4. The summed E-state index contributed by atoms with van der Waals surface area (Å²) in [5.41, 5.74) is 3.32. The minimum Gasteiger partial charge on any atom is -0.492 e. The summed E-state index contributed by atoms with van der Waals surface area (Å²) < 4.78 is 8.21. The molecule has 0 bridgehead atoms. The molecule has 1 heterocycles. The molecule has 1 N–H and O–H groups in total. The predicted octanol–water partition coefficient (Wildman–Crippen LogP) is 4.91. The number of carbonyl (C=O) groups excluding carboxylic acids is 1. The van der Waals surface area contributed by atoms with Crippen LogP contribution in [-0.4, -0.2) is 28.6 Å². The second kappa shape index (κ2) is 10.8. The summed E-state index contributed by atoms with van der Waals surface area (Å²) in [7, 11) is 0. The molecule has 160 valence electrons.